The van der Waals surface area contributed by atoms with Gasteiger partial charge >= 0.3 is 91.8 Å². The summed E-state index contributed by atoms with van der Waals surface area (Å²) in [6.07, 6.45) is 0. The van der Waals surface area contributed by atoms with Crippen LogP contribution < -0.4 is 51.4 Å². The van der Waals surface area contributed by atoms with Crippen molar-refractivity contribution in [2.75, 3.05) is 0 Å². The summed E-state index contributed by atoms with van der Waals surface area (Å²) in [6.45, 7) is 0. The molecular formula is HAlKMgO5S+3. The van der Waals surface area contributed by atoms with Crippen LogP contribution in [-0.4, -0.2) is 63.4 Å². The molecule has 0 saturated carbocycles. The van der Waals surface area contributed by atoms with Gasteiger partial charge in [-0.05, 0) is 0 Å². The molecule has 0 saturated heterocycles. The first kappa shape index (κ1) is 29.8. The second-order valence-corrected chi connectivity index (χ2v) is 1.22. The molecule has 0 bridgehead atoms. The molecule has 1 N–H and O–H groups in total. The van der Waals surface area contributed by atoms with Crippen molar-refractivity contribution >= 4 is 50.8 Å². The summed E-state index contributed by atoms with van der Waals surface area (Å²) in [7, 11) is -5.17. The average Bonchev–Trinajstić information content (AvgIpc) is 0.722. The molecule has 0 aromatic carbocycles. The van der Waals surface area contributed by atoms with E-state index in [0.29, 0.717) is 0 Å². The maximum absolute atomic E-state index is 8.52. The molecule has 0 aromatic rings. The maximum Gasteiger partial charge on any atom is 3.00 e. The first-order chi connectivity index (χ1) is 2.00. The second kappa shape index (κ2) is 13.4. The van der Waals surface area contributed by atoms with Gasteiger partial charge in [-0.15, -0.1) is 0 Å². The van der Waals surface area contributed by atoms with E-state index in [4.69, 9.17) is 17.5 Å². The molecule has 0 amide bonds. The zero-order valence-corrected chi connectivity index (χ0v) is 11.3. The molecule has 5 nitrogen and oxygen atoms in total. The van der Waals surface area contributed by atoms with E-state index < -0.39 is 10.4 Å². The zero-order valence-electron chi connectivity index (χ0n) is 4.77. The van der Waals surface area contributed by atoms with Gasteiger partial charge in [-0.3, -0.25) is 8.42 Å². The van der Waals surface area contributed by atoms with Gasteiger partial charge in [0.15, 0.2) is 0 Å². The van der Waals surface area contributed by atoms with Crippen LogP contribution in [0.15, 0.2) is 0 Å². The van der Waals surface area contributed by atoms with Crippen LogP contribution in [0.1, 0.15) is 0 Å². The molecule has 0 aliphatic carbocycles. The van der Waals surface area contributed by atoms with E-state index in [1.54, 1.807) is 0 Å². The molecule has 9 heavy (non-hydrogen) atoms. The Morgan fingerprint density at radius 3 is 1.11 bits per heavy atom. The summed E-state index contributed by atoms with van der Waals surface area (Å²) in [5.74, 6) is 0. The second-order valence-electron chi connectivity index (χ2n) is 0.408. The summed E-state index contributed by atoms with van der Waals surface area (Å²) in [5.41, 5.74) is 0. The standard InChI is InChI=1S/Al.K.Mg.H2O4S.H2O/c;;;1-5(2,3)4;/h;;;(H2,1,2,3,4);1H2/q+3;+1;+2;;/p-3. The van der Waals surface area contributed by atoms with E-state index in [0.717, 1.165) is 0 Å². The summed E-state index contributed by atoms with van der Waals surface area (Å²) < 4.78 is 34.1. The summed E-state index contributed by atoms with van der Waals surface area (Å²) in [5, 5.41) is 0. The first-order valence-corrected chi connectivity index (χ1v) is 2.00. The monoisotopic (exact) mass is 203 g/mol. The van der Waals surface area contributed by atoms with Crippen LogP contribution in [0.5, 0.6) is 0 Å². The molecule has 0 aromatic heterocycles. The van der Waals surface area contributed by atoms with Crippen molar-refractivity contribution in [2.24, 2.45) is 0 Å². The van der Waals surface area contributed by atoms with Crippen LogP contribution in [0, 0.1) is 0 Å². The predicted octanol–water partition coefficient (Wildman–Crippen LogP) is -5.27. The predicted molar refractivity (Wildman–Crippen MR) is 23.9 cm³/mol. The van der Waals surface area contributed by atoms with Gasteiger partial charge in [0.25, 0.3) is 0 Å². The van der Waals surface area contributed by atoms with Gasteiger partial charge in [0.1, 0.15) is 0 Å². The molecule has 0 heterocycles. The van der Waals surface area contributed by atoms with Crippen molar-refractivity contribution in [2.45, 2.75) is 0 Å². The van der Waals surface area contributed by atoms with Crippen molar-refractivity contribution in [1.82, 2.24) is 0 Å². The molecule has 0 aliphatic rings. The molecule has 0 fully saturated rings. The molecule has 0 atom stereocenters. The molecule has 0 aliphatic heterocycles. The minimum atomic E-state index is -5.17. The fourth-order valence-corrected chi connectivity index (χ4v) is 0. The Balaban J connectivity index is -0.0000000133. The van der Waals surface area contributed by atoms with Gasteiger partial charge < -0.3 is 14.6 Å². The maximum atomic E-state index is 8.52. The van der Waals surface area contributed by atoms with Gasteiger partial charge in [-0.25, -0.2) is 0 Å². The van der Waals surface area contributed by atoms with Gasteiger partial charge in [0, 0.05) is 10.4 Å². The normalized spacial score (nSPS) is 6.44. The molecule has 0 spiro atoms. The summed E-state index contributed by atoms with van der Waals surface area (Å²) >= 11 is 0. The SMILES string of the molecule is O=S(=O)([O-])[O-].[Al+3].[K+].[Mg+2].[OH-]. The average molecular weight is 203 g/mol. The Labute approximate surface area is 123 Å². The zero-order chi connectivity index (χ0) is 4.50. The fourth-order valence-electron chi connectivity index (χ4n) is 0. The van der Waals surface area contributed by atoms with Crippen molar-refractivity contribution in [3.63, 3.8) is 0 Å². The Hall–Kier alpha value is 2.77. The fraction of sp³-hybridized carbons (Fsp3) is 0. The van der Waals surface area contributed by atoms with E-state index in [2.05, 4.69) is 0 Å². The Morgan fingerprint density at radius 1 is 1.11 bits per heavy atom. The number of hydrogen-bond donors (Lipinski definition) is 0. The van der Waals surface area contributed by atoms with Crippen LogP contribution >= 0.6 is 0 Å². The van der Waals surface area contributed by atoms with E-state index in [-0.39, 0.29) is 97.3 Å². The van der Waals surface area contributed by atoms with Crippen molar-refractivity contribution in [3.05, 3.63) is 0 Å². The Bertz CT molecular complexity index is 100. The topological polar surface area (TPSA) is 110 Å². The van der Waals surface area contributed by atoms with Crippen molar-refractivity contribution in [1.29, 1.82) is 0 Å². The van der Waals surface area contributed by atoms with Crippen LogP contribution in [0.2, 0.25) is 0 Å². The molecule has 0 unspecified atom stereocenters. The molecule has 0 rings (SSSR count). The molecule has 9 heteroatoms. The number of hydrogen-bond acceptors (Lipinski definition) is 5. The van der Waals surface area contributed by atoms with Crippen LogP contribution in [-0.2, 0) is 10.4 Å². The molecule has 40 valence electrons. The van der Waals surface area contributed by atoms with Gasteiger partial charge in [-0.1, -0.05) is 0 Å². The van der Waals surface area contributed by atoms with Crippen LogP contribution in [0.25, 0.3) is 0 Å². The summed E-state index contributed by atoms with van der Waals surface area (Å²) in [6, 6.07) is 0. The third-order valence-corrected chi connectivity index (χ3v) is 0. The third-order valence-electron chi connectivity index (χ3n) is 0. The number of rotatable bonds is 0. The quantitative estimate of drug-likeness (QED) is 0.222. The largest absolute Gasteiger partial charge is 3.00 e. The van der Waals surface area contributed by atoms with E-state index in [1.165, 1.54) is 0 Å². The Morgan fingerprint density at radius 2 is 1.11 bits per heavy atom. The van der Waals surface area contributed by atoms with E-state index >= 15 is 0 Å². The van der Waals surface area contributed by atoms with Gasteiger partial charge in [-0.2, -0.15) is 0 Å². The third kappa shape index (κ3) is 108. The van der Waals surface area contributed by atoms with Crippen molar-refractivity contribution < 1.29 is 74.4 Å². The summed E-state index contributed by atoms with van der Waals surface area (Å²) in [4.78, 5) is 0. The Kier molecular flexibility index (Phi) is 44.2. The minimum absolute atomic E-state index is 0. The van der Waals surface area contributed by atoms with Gasteiger partial charge in [0.2, 0.25) is 0 Å². The molecule has 0 radical (unpaired) electrons. The van der Waals surface area contributed by atoms with Crippen LogP contribution in [0.3, 0.4) is 0 Å². The van der Waals surface area contributed by atoms with Gasteiger partial charge in [0.05, 0.1) is 0 Å². The van der Waals surface area contributed by atoms with E-state index in [1.807, 2.05) is 0 Å². The molecular weight excluding hydrogens is 202 g/mol. The van der Waals surface area contributed by atoms with Crippen molar-refractivity contribution in [3.8, 4) is 0 Å². The minimum Gasteiger partial charge on any atom is -0.870 e. The van der Waals surface area contributed by atoms with E-state index in [9.17, 15) is 0 Å². The smallest absolute Gasteiger partial charge is 0.870 e. The van der Waals surface area contributed by atoms with Crippen LogP contribution in [0.4, 0.5) is 0 Å². The first-order valence-electron chi connectivity index (χ1n) is 0.667.